The van der Waals surface area contributed by atoms with Crippen molar-refractivity contribution in [2.45, 2.75) is 19.4 Å². The number of hydrogen-bond donors (Lipinski definition) is 0. The molecule has 19 heavy (non-hydrogen) atoms. The van der Waals surface area contributed by atoms with Gasteiger partial charge in [-0.05, 0) is 17.9 Å². The molecule has 3 heterocycles. The lowest BCUT2D eigenvalue weighted by molar-refractivity contribution is 0.509. The van der Waals surface area contributed by atoms with Gasteiger partial charge in [-0.1, -0.05) is 6.92 Å². The Morgan fingerprint density at radius 3 is 2.89 bits per heavy atom. The van der Waals surface area contributed by atoms with E-state index in [0.717, 1.165) is 23.6 Å². The van der Waals surface area contributed by atoms with Crippen LogP contribution >= 0.6 is 11.3 Å². The van der Waals surface area contributed by atoms with Crippen molar-refractivity contribution in [2.75, 3.05) is 0 Å². The van der Waals surface area contributed by atoms with Gasteiger partial charge in [0.2, 0.25) is 0 Å². The van der Waals surface area contributed by atoms with Crippen LogP contribution in [0.4, 0.5) is 0 Å². The normalized spacial score (nSPS) is 12.7. The first-order valence-electron chi connectivity index (χ1n) is 6.20. The first-order valence-corrected chi connectivity index (χ1v) is 7.14. The van der Waals surface area contributed by atoms with Crippen molar-refractivity contribution in [1.82, 2.24) is 24.3 Å². The van der Waals surface area contributed by atoms with Crippen LogP contribution in [0.25, 0.3) is 11.4 Å². The number of rotatable bonds is 4. The quantitative estimate of drug-likeness (QED) is 0.734. The van der Waals surface area contributed by atoms with Crippen molar-refractivity contribution in [1.29, 1.82) is 0 Å². The molecule has 3 aromatic rings. The van der Waals surface area contributed by atoms with E-state index in [1.54, 1.807) is 17.7 Å². The zero-order chi connectivity index (χ0) is 13.2. The molecule has 0 aliphatic rings. The number of thiophene rings is 1. The van der Waals surface area contributed by atoms with Crippen LogP contribution in [0.2, 0.25) is 0 Å². The molecule has 0 spiro atoms. The minimum Gasteiger partial charge on any atom is -0.320 e. The first-order chi connectivity index (χ1) is 9.31. The van der Waals surface area contributed by atoms with Crippen molar-refractivity contribution in [3.8, 4) is 11.4 Å². The zero-order valence-electron chi connectivity index (χ0n) is 10.9. The molecular weight excluding hydrogens is 258 g/mol. The lowest BCUT2D eigenvalue weighted by Crippen LogP contribution is -2.15. The van der Waals surface area contributed by atoms with E-state index in [9.17, 15) is 0 Å². The second-order valence-electron chi connectivity index (χ2n) is 4.34. The molecule has 1 atom stereocenters. The molecule has 0 aliphatic heterocycles. The molecule has 0 fully saturated rings. The molecule has 0 bridgehead atoms. The van der Waals surface area contributed by atoms with E-state index in [1.807, 2.05) is 24.1 Å². The monoisotopic (exact) mass is 273 g/mol. The standard InChI is InChI=1S/C13H15N5S/c1-3-11(13-15-9-16-17(13)2)18-6-5-14-12(18)10-4-7-19-8-10/h4-9,11H,3H2,1-2H3/t11-/m0/s1. The fourth-order valence-electron chi connectivity index (χ4n) is 2.29. The molecular formula is C13H15N5S. The maximum Gasteiger partial charge on any atom is 0.149 e. The minimum absolute atomic E-state index is 0.157. The van der Waals surface area contributed by atoms with Crippen LogP contribution in [-0.2, 0) is 7.05 Å². The van der Waals surface area contributed by atoms with E-state index in [0.29, 0.717) is 0 Å². The summed E-state index contributed by atoms with van der Waals surface area (Å²) in [6.07, 6.45) is 6.39. The van der Waals surface area contributed by atoms with Crippen molar-refractivity contribution >= 4 is 11.3 Å². The molecule has 0 aromatic carbocycles. The van der Waals surface area contributed by atoms with Crippen LogP contribution < -0.4 is 0 Å². The number of imidazole rings is 1. The Bertz CT molecular complexity index is 652. The first kappa shape index (κ1) is 12.1. The number of hydrogen-bond acceptors (Lipinski definition) is 4. The Morgan fingerprint density at radius 1 is 1.37 bits per heavy atom. The van der Waals surface area contributed by atoms with Crippen molar-refractivity contribution in [3.63, 3.8) is 0 Å². The van der Waals surface area contributed by atoms with Crippen molar-refractivity contribution in [3.05, 3.63) is 41.4 Å². The fourth-order valence-corrected chi connectivity index (χ4v) is 2.92. The van der Waals surface area contributed by atoms with Gasteiger partial charge < -0.3 is 4.57 Å². The SMILES string of the molecule is CC[C@@H](c1ncnn1C)n1ccnc1-c1ccsc1. The smallest absolute Gasteiger partial charge is 0.149 e. The highest BCUT2D eigenvalue weighted by atomic mass is 32.1. The lowest BCUT2D eigenvalue weighted by atomic mass is 10.2. The van der Waals surface area contributed by atoms with E-state index in [2.05, 4.69) is 43.4 Å². The van der Waals surface area contributed by atoms with Gasteiger partial charge in [0.15, 0.2) is 0 Å². The van der Waals surface area contributed by atoms with Gasteiger partial charge in [-0.15, -0.1) is 0 Å². The molecule has 0 aliphatic carbocycles. The highest BCUT2D eigenvalue weighted by Gasteiger charge is 2.20. The summed E-state index contributed by atoms with van der Waals surface area (Å²) in [4.78, 5) is 8.85. The van der Waals surface area contributed by atoms with Crippen LogP contribution in [0.1, 0.15) is 25.2 Å². The van der Waals surface area contributed by atoms with Crippen molar-refractivity contribution < 1.29 is 0 Å². The topological polar surface area (TPSA) is 48.5 Å². The third-order valence-corrected chi connectivity index (χ3v) is 3.90. The molecule has 0 radical (unpaired) electrons. The fraction of sp³-hybridized carbons (Fsp3) is 0.308. The van der Waals surface area contributed by atoms with Gasteiger partial charge in [-0.3, -0.25) is 4.68 Å². The molecule has 0 amide bonds. The minimum atomic E-state index is 0.157. The molecule has 0 saturated carbocycles. The largest absolute Gasteiger partial charge is 0.320 e. The van der Waals surface area contributed by atoms with Crippen molar-refractivity contribution in [2.24, 2.45) is 7.05 Å². The maximum absolute atomic E-state index is 4.48. The maximum atomic E-state index is 4.48. The number of nitrogens with zero attached hydrogens (tertiary/aromatic N) is 5. The highest BCUT2D eigenvalue weighted by Crippen LogP contribution is 2.27. The molecule has 98 valence electrons. The molecule has 6 heteroatoms. The predicted octanol–water partition coefficient (Wildman–Crippen LogP) is 2.74. The van der Waals surface area contributed by atoms with E-state index in [1.165, 1.54) is 0 Å². The van der Waals surface area contributed by atoms with Gasteiger partial charge in [0.25, 0.3) is 0 Å². The van der Waals surface area contributed by atoms with Crippen LogP contribution in [0.15, 0.2) is 35.5 Å². The number of aromatic nitrogens is 5. The summed E-state index contributed by atoms with van der Waals surface area (Å²) < 4.78 is 4.00. The summed E-state index contributed by atoms with van der Waals surface area (Å²) in [6, 6.07) is 2.25. The predicted molar refractivity (Wildman–Crippen MR) is 75.0 cm³/mol. The van der Waals surface area contributed by atoms with Gasteiger partial charge in [0.1, 0.15) is 18.0 Å². The summed E-state index contributed by atoms with van der Waals surface area (Å²) in [5, 5.41) is 8.34. The van der Waals surface area contributed by atoms with E-state index in [-0.39, 0.29) is 6.04 Å². The summed E-state index contributed by atoms with van der Waals surface area (Å²) >= 11 is 1.68. The third kappa shape index (κ3) is 2.08. The molecule has 0 saturated heterocycles. The lowest BCUT2D eigenvalue weighted by Gasteiger charge is -2.18. The van der Waals surface area contributed by atoms with E-state index < -0.39 is 0 Å². The summed E-state index contributed by atoms with van der Waals surface area (Å²) in [5.41, 5.74) is 1.15. The highest BCUT2D eigenvalue weighted by molar-refractivity contribution is 7.08. The second kappa shape index (κ2) is 4.97. The van der Waals surface area contributed by atoms with Crippen LogP contribution in [0.5, 0.6) is 0 Å². The van der Waals surface area contributed by atoms with Gasteiger partial charge >= 0.3 is 0 Å². The molecule has 3 rings (SSSR count). The van der Waals surface area contributed by atoms with Crippen LogP contribution in [0.3, 0.4) is 0 Å². The van der Waals surface area contributed by atoms with E-state index >= 15 is 0 Å². The second-order valence-corrected chi connectivity index (χ2v) is 5.12. The van der Waals surface area contributed by atoms with Gasteiger partial charge in [0, 0.05) is 30.4 Å². The Morgan fingerprint density at radius 2 is 2.26 bits per heavy atom. The van der Waals surface area contributed by atoms with Gasteiger partial charge in [0.05, 0.1) is 6.04 Å². The Balaban J connectivity index is 2.06. The average Bonchev–Trinajstić information content (AvgIpc) is 3.11. The molecule has 0 unspecified atom stereocenters. The Hall–Kier alpha value is -1.95. The summed E-state index contributed by atoms with van der Waals surface area (Å²) in [7, 11) is 1.92. The molecule has 3 aromatic heterocycles. The van der Waals surface area contributed by atoms with E-state index in [4.69, 9.17) is 0 Å². The Labute approximate surface area is 115 Å². The van der Waals surface area contributed by atoms with Crippen LogP contribution in [0, 0.1) is 0 Å². The average molecular weight is 273 g/mol. The summed E-state index contributed by atoms with van der Waals surface area (Å²) in [5.74, 6) is 1.94. The number of aryl methyl sites for hydroxylation is 1. The van der Waals surface area contributed by atoms with Gasteiger partial charge in [-0.25, -0.2) is 9.97 Å². The Kier molecular flexibility index (Phi) is 3.16. The summed E-state index contributed by atoms with van der Waals surface area (Å²) in [6.45, 7) is 2.15. The zero-order valence-corrected chi connectivity index (χ0v) is 11.7. The van der Waals surface area contributed by atoms with Crippen LogP contribution in [-0.4, -0.2) is 24.3 Å². The molecule has 5 nitrogen and oxygen atoms in total. The third-order valence-electron chi connectivity index (χ3n) is 3.21. The molecule has 0 N–H and O–H groups in total. The van der Waals surface area contributed by atoms with Gasteiger partial charge in [-0.2, -0.15) is 16.4 Å².